The van der Waals surface area contributed by atoms with Gasteiger partial charge in [-0.15, -0.1) is 0 Å². The Bertz CT molecular complexity index is 612. The maximum Gasteiger partial charge on any atom is 0.193 e. The number of likely N-dealkylation sites (tertiary alicyclic amines) is 1. The average molecular weight is 374 g/mol. The van der Waals surface area contributed by atoms with Crippen molar-refractivity contribution in [2.24, 2.45) is 10.9 Å². The van der Waals surface area contributed by atoms with E-state index < -0.39 is 0 Å². The number of piperazine rings is 1. The highest BCUT2D eigenvalue weighted by Crippen LogP contribution is 2.27. The van der Waals surface area contributed by atoms with E-state index >= 15 is 0 Å². The summed E-state index contributed by atoms with van der Waals surface area (Å²) in [5.74, 6) is 2.21. The van der Waals surface area contributed by atoms with Crippen LogP contribution in [0.2, 0.25) is 0 Å². The standard InChI is InChI=1S/C21H35N5O/c1-18-7-5-11-24(17-18)12-6-10-23-21(22-2)26-15-13-25(14-16-26)19-8-3-4-9-20(19)27/h3-4,8-9,18,27H,5-7,10-17H2,1-2H3,(H,22,23). The zero-order valence-corrected chi connectivity index (χ0v) is 16.9. The number of piperidine rings is 1. The minimum Gasteiger partial charge on any atom is -0.506 e. The monoisotopic (exact) mass is 373 g/mol. The molecular weight excluding hydrogens is 338 g/mol. The molecule has 0 spiro atoms. The van der Waals surface area contributed by atoms with Gasteiger partial charge in [0.15, 0.2) is 5.96 Å². The number of para-hydroxylation sites is 2. The van der Waals surface area contributed by atoms with Crippen molar-refractivity contribution in [1.82, 2.24) is 15.1 Å². The van der Waals surface area contributed by atoms with Crippen molar-refractivity contribution in [2.45, 2.75) is 26.2 Å². The molecule has 0 bridgehead atoms. The number of phenolic OH excluding ortho intramolecular Hbond substituents is 1. The second kappa shape index (κ2) is 9.83. The van der Waals surface area contributed by atoms with Gasteiger partial charge in [-0.2, -0.15) is 0 Å². The molecule has 2 N–H and O–H groups in total. The minimum atomic E-state index is 0.362. The highest BCUT2D eigenvalue weighted by molar-refractivity contribution is 5.80. The van der Waals surface area contributed by atoms with E-state index in [1.54, 1.807) is 6.07 Å². The summed E-state index contributed by atoms with van der Waals surface area (Å²) >= 11 is 0. The minimum absolute atomic E-state index is 0.362. The molecule has 0 radical (unpaired) electrons. The first kappa shape index (κ1) is 19.8. The van der Waals surface area contributed by atoms with Crippen LogP contribution in [0.5, 0.6) is 5.75 Å². The molecule has 1 atom stereocenters. The fourth-order valence-corrected chi connectivity index (χ4v) is 4.22. The third-order valence-electron chi connectivity index (χ3n) is 5.69. The molecule has 1 aromatic carbocycles. The average Bonchev–Trinajstić information content (AvgIpc) is 2.69. The fourth-order valence-electron chi connectivity index (χ4n) is 4.22. The molecule has 0 saturated carbocycles. The van der Waals surface area contributed by atoms with Gasteiger partial charge in [-0.1, -0.05) is 19.1 Å². The lowest BCUT2D eigenvalue weighted by molar-refractivity contribution is 0.182. The molecule has 6 heteroatoms. The van der Waals surface area contributed by atoms with Gasteiger partial charge in [-0.05, 0) is 50.4 Å². The Morgan fingerprint density at radius 1 is 1.19 bits per heavy atom. The zero-order chi connectivity index (χ0) is 19.1. The summed E-state index contributed by atoms with van der Waals surface area (Å²) < 4.78 is 0. The van der Waals surface area contributed by atoms with Crippen LogP contribution in [-0.4, -0.2) is 80.3 Å². The van der Waals surface area contributed by atoms with Crippen LogP contribution in [-0.2, 0) is 0 Å². The number of benzene rings is 1. The molecule has 2 heterocycles. The summed E-state index contributed by atoms with van der Waals surface area (Å²) in [5, 5.41) is 13.6. The molecule has 2 fully saturated rings. The van der Waals surface area contributed by atoms with Gasteiger partial charge in [0, 0.05) is 46.3 Å². The smallest absolute Gasteiger partial charge is 0.193 e. The summed E-state index contributed by atoms with van der Waals surface area (Å²) in [6.45, 7) is 10.6. The largest absolute Gasteiger partial charge is 0.506 e. The van der Waals surface area contributed by atoms with Gasteiger partial charge in [0.25, 0.3) is 0 Å². The van der Waals surface area contributed by atoms with Crippen LogP contribution >= 0.6 is 0 Å². The van der Waals surface area contributed by atoms with Gasteiger partial charge in [0.05, 0.1) is 5.69 Å². The summed E-state index contributed by atoms with van der Waals surface area (Å²) in [7, 11) is 1.87. The number of hydrogen-bond donors (Lipinski definition) is 2. The number of nitrogens with zero attached hydrogens (tertiary/aromatic N) is 4. The number of phenols is 1. The Kier molecular flexibility index (Phi) is 7.21. The summed E-state index contributed by atoms with van der Waals surface area (Å²) in [5.41, 5.74) is 0.927. The van der Waals surface area contributed by atoms with Crippen molar-refractivity contribution in [1.29, 1.82) is 0 Å². The molecule has 0 aliphatic carbocycles. The molecular formula is C21H35N5O. The van der Waals surface area contributed by atoms with Crippen LogP contribution in [0.4, 0.5) is 5.69 Å². The van der Waals surface area contributed by atoms with E-state index in [0.717, 1.165) is 56.7 Å². The molecule has 2 saturated heterocycles. The Hall–Kier alpha value is -1.95. The molecule has 0 amide bonds. The number of aliphatic imine (C=N–C) groups is 1. The maximum atomic E-state index is 10.1. The molecule has 1 unspecified atom stereocenters. The molecule has 2 aliphatic rings. The van der Waals surface area contributed by atoms with Gasteiger partial charge in [-0.3, -0.25) is 4.99 Å². The number of nitrogens with one attached hydrogen (secondary N) is 1. The highest BCUT2D eigenvalue weighted by Gasteiger charge is 2.21. The first-order chi connectivity index (χ1) is 13.2. The molecule has 2 aliphatic heterocycles. The van der Waals surface area contributed by atoms with Crippen molar-refractivity contribution < 1.29 is 5.11 Å². The molecule has 150 valence electrons. The molecule has 3 rings (SSSR count). The van der Waals surface area contributed by atoms with Crippen molar-refractivity contribution >= 4 is 11.6 Å². The Morgan fingerprint density at radius 2 is 1.96 bits per heavy atom. The van der Waals surface area contributed by atoms with Crippen molar-refractivity contribution in [3.8, 4) is 5.75 Å². The Morgan fingerprint density at radius 3 is 2.67 bits per heavy atom. The van der Waals surface area contributed by atoms with Gasteiger partial charge >= 0.3 is 0 Å². The quantitative estimate of drug-likeness (QED) is 0.471. The van der Waals surface area contributed by atoms with Crippen molar-refractivity contribution in [3.05, 3.63) is 24.3 Å². The number of guanidine groups is 1. The van der Waals surface area contributed by atoms with Crippen LogP contribution in [0.1, 0.15) is 26.2 Å². The lowest BCUT2D eigenvalue weighted by Gasteiger charge is -2.38. The molecule has 0 aromatic heterocycles. The zero-order valence-electron chi connectivity index (χ0n) is 16.9. The lowest BCUT2D eigenvalue weighted by Crippen LogP contribution is -2.52. The van der Waals surface area contributed by atoms with E-state index in [9.17, 15) is 5.11 Å². The van der Waals surface area contributed by atoms with E-state index in [1.807, 2.05) is 25.2 Å². The topological polar surface area (TPSA) is 54.3 Å². The van der Waals surface area contributed by atoms with Gasteiger partial charge < -0.3 is 25.1 Å². The summed E-state index contributed by atoms with van der Waals surface area (Å²) in [6, 6.07) is 7.58. The lowest BCUT2D eigenvalue weighted by atomic mass is 10.0. The molecule has 1 aromatic rings. The number of rotatable bonds is 5. The van der Waals surface area contributed by atoms with E-state index in [4.69, 9.17) is 0 Å². The van der Waals surface area contributed by atoms with Crippen LogP contribution < -0.4 is 10.2 Å². The third-order valence-corrected chi connectivity index (χ3v) is 5.69. The second-order valence-corrected chi connectivity index (χ2v) is 7.84. The normalized spacial score (nSPS) is 22.1. The van der Waals surface area contributed by atoms with Gasteiger partial charge in [0.2, 0.25) is 0 Å². The predicted octanol–water partition coefficient (Wildman–Crippen LogP) is 2.21. The fraction of sp³-hybridized carbons (Fsp3) is 0.667. The van der Waals surface area contributed by atoms with Crippen LogP contribution in [0, 0.1) is 5.92 Å². The van der Waals surface area contributed by atoms with Crippen LogP contribution in [0.3, 0.4) is 0 Å². The van der Waals surface area contributed by atoms with E-state index in [1.165, 1.54) is 32.5 Å². The first-order valence-corrected chi connectivity index (χ1v) is 10.4. The van der Waals surface area contributed by atoms with Crippen molar-refractivity contribution in [2.75, 3.05) is 64.3 Å². The predicted molar refractivity (Wildman–Crippen MR) is 113 cm³/mol. The SMILES string of the molecule is CN=C(NCCCN1CCCC(C)C1)N1CCN(c2ccccc2O)CC1. The molecule has 6 nitrogen and oxygen atoms in total. The van der Waals surface area contributed by atoms with E-state index in [0.29, 0.717) is 5.75 Å². The van der Waals surface area contributed by atoms with Crippen LogP contribution in [0.25, 0.3) is 0 Å². The van der Waals surface area contributed by atoms with E-state index in [2.05, 4.69) is 31.9 Å². The first-order valence-electron chi connectivity index (χ1n) is 10.4. The second-order valence-electron chi connectivity index (χ2n) is 7.84. The van der Waals surface area contributed by atoms with E-state index in [-0.39, 0.29) is 0 Å². The maximum absolute atomic E-state index is 10.1. The summed E-state index contributed by atoms with van der Waals surface area (Å²) in [6.07, 6.45) is 3.88. The number of anilines is 1. The summed E-state index contributed by atoms with van der Waals surface area (Å²) in [4.78, 5) is 11.6. The Labute approximate surface area is 163 Å². The number of aromatic hydroxyl groups is 1. The van der Waals surface area contributed by atoms with Gasteiger partial charge in [-0.25, -0.2) is 0 Å². The highest BCUT2D eigenvalue weighted by atomic mass is 16.3. The third kappa shape index (κ3) is 5.51. The van der Waals surface area contributed by atoms with Gasteiger partial charge in [0.1, 0.15) is 5.75 Å². The Balaban J connectivity index is 1.39. The van der Waals surface area contributed by atoms with Crippen LogP contribution in [0.15, 0.2) is 29.3 Å². The molecule has 27 heavy (non-hydrogen) atoms. The van der Waals surface area contributed by atoms with Crippen molar-refractivity contribution in [3.63, 3.8) is 0 Å². The number of hydrogen-bond acceptors (Lipinski definition) is 4.